The van der Waals surface area contributed by atoms with E-state index in [1.807, 2.05) is 6.07 Å². The van der Waals surface area contributed by atoms with Crippen LogP contribution in [0.2, 0.25) is 0 Å². The first-order valence-corrected chi connectivity index (χ1v) is 8.39. The van der Waals surface area contributed by atoms with Gasteiger partial charge in [-0.3, -0.25) is 9.89 Å². The molecule has 2 heterocycles. The number of nitrogens with zero attached hydrogens (tertiary/aromatic N) is 1. The van der Waals surface area contributed by atoms with Gasteiger partial charge >= 0.3 is 0 Å². The van der Waals surface area contributed by atoms with Gasteiger partial charge in [0.15, 0.2) is 5.69 Å². The van der Waals surface area contributed by atoms with Crippen molar-refractivity contribution >= 4 is 5.91 Å². The molecule has 1 amide bonds. The quantitative estimate of drug-likeness (QED) is 0.808. The maximum absolute atomic E-state index is 12.6. The molecule has 0 saturated heterocycles. The SMILES string of the molecule is O=C(NCC1(c2ccccc2)CCC1)c1n[nH]c2c1CNCC2. The third-order valence-electron chi connectivity index (χ3n) is 5.31. The Morgan fingerprint density at radius 2 is 2.09 bits per heavy atom. The summed E-state index contributed by atoms with van der Waals surface area (Å²) in [6, 6.07) is 10.5. The van der Waals surface area contributed by atoms with E-state index in [9.17, 15) is 4.79 Å². The summed E-state index contributed by atoms with van der Waals surface area (Å²) in [7, 11) is 0. The van der Waals surface area contributed by atoms with Crippen molar-refractivity contribution in [2.75, 3.05) is 13.1 Å². The Bertz CT molecular complexity index is 703. The number of carbonyl (C=O) groups excluding carboxylic acids is 1. The molecule has 1 aliphatic carbocycles. The number of aromatic nitrogens is 2. The summed E-state index contributed by atoms with van der Waals surface area (Å²) in [6.07, 6.45) is 4.41. The number of carbonyl (C=O) groups is 1. The van der Waals surface area contributed by atoms with Crippen LogP contribution < -0.4 is 10.6 Å². The third-order valence-corrected chi connectivity index (χ3v) is 5.31. The fraction of sp³-hybridized carbons (Fsp3) is 0.444. The first-order chi connectivity index (χ1) is 11.3. The fourth-order valence-electron chi connectivity index (χ4n) is 3.71. The Labute approximate surface area is 135 Å². The van der Waals surface area contributed by atoms with E-state index in [0.717, 1.165) is 43.6 Å². The van der Waals surface area contributed by atoms with Gasteiger partial charge in [0.25, 0.3) is 5.91 Å². The molecule has 4 rings (SSSR count). The van der Waals surface area contributed by atoms with E-state index in [4.69, 9.17) is 0 Å². The number of aromatic amines is 1. The molecule has 120 valence electrons. The molecule has 0 bridgehead atoms. The Kier molecular flexibility index (Phi) is 3.65. The molecule has 1 saturated carbocycles. The second-order valence-corrected chi connectivity index (χ2v) is 6.64. The van der Waals surface area contributed by atoms with Crippen LogP contribution in [0.5, 0.6) is 0 Å². The predicted octanol–water partition coefficient (Wildman–Crippen LogP) is 1.91. The van der Waals surface area contributed by atoms with Crippen LogP contribution in [0, 0.1) is 0 Å². The van der Waals surface area contributed by atoms with E-state index in [1.54, 1.807) is 0 Å². The summed E-state index contributed by atoms with van der Waals surface area (Å²) >= 11 is 0. The lowest BCUT2D eigenvalue weighted by Gasteiger charge is -2.42. The lowest BCUT2D eigenvalue weighted by Crippen LogP contribution is -2.45. The van der Waals surface area contributed by atoms with Crippen molar-refractivity contribution in [2.24, 2.45) is 0 Å². The summed E-state index contributed by atoms with van der Waals surface area (Å²) in [6.45, 7) is 2.34. The minimum absolute atomic E-state index is 0.0617. The number of rotatable bonds is 4. The van der Waals surface area contributed by atoms with Gasteiger partial charge in [-0.25, -0.2) is 0 Å². The monoisotopic (exact) mass is 310 g/mol. The number of amides is 1. The highest BCUT2D eigenvalue weighted by Gasteiger charge is 2.39. The number of hydrogen-bond acceptors (Lipinski definition) is 3. The summed E-state index contributed by atoms with van der Waals surface area (Å²) in [5, 5.41) is 13.7. The van der Waals surface area contributed by atoms with Gasteiger partial charge < -0.3 is 10.6 Å². The smallest absolute Gasteiger partial charge is 0.272 e. The van der Waals surface area contributed by atoms with Gasteiger partial charge in [-0.15, -0.1) is 0 Å². The largest absolute Gasteiger partial charge is 0.350 e. The number of nitrogens with one attached hydrogen (secondary N) is 3. The molecule has 3 N–H and O–H groups in total. The van der Waals surface area contributed by atoms with E-state index >= 15 is 0 Å². The third kappa shape index (κ3) is 2.55. The Hall–Kier alpha value is -2.14. The fourth-order valence-corrected chi connectivity index (χ4v) is 3.71. The molecular weight excluding hydrogens is 288 g/mol. The molecule has 1 aliphatic heterocycles. The molecular formula is C18H22N4O. The average molecular weight is 310 g/mol. The Morgan fingerprint density at radius 1 is 1.26 bits per heavy atom. The zero-order chi connectivity index (χ0) is 15.7. The van der Waals surface area contributed by atoms with Gasteiger partial charge in [0.2, 0.25) is 0 Å². The second-order valence-electron chi connectivity index (χ2n) is 6.64. The predicted molar refractivity (Wildman–Crippen MR) is 88.3 cm³/mol. The number of hydrogen-bond donors (Lipinski definition) is 3. The molecule has 1 fully saturated rings. The molecule has 5 heteroatoms. The van der Waals surface area contributed by atoms with Gasteiger partial charge in [-0.1, -0.05) is 36.8 Å². The lowest BCUT2D eigenvalue weighted by atomic mass is 9.64. The van der Waals surface area contributed by atoms with Crippen LogP contribution in [-0.4, -0.2) is 29.2 Å². The van der Waals surface area contributed by atoms with Crippen molar-refractivity contribution in [3.8, 4) is 0 Å². The van der Waals surface area contributed by atoms with Gasteiger partial charge in [0.1, 0.15) is 0 Å². The highest BCUT2D eigenvalue weighted by atomic mass is 16.1. The van der Waals surface area contributed by atoms with E-state index < -0.39 is 0 Å². The van der Waals surface area contributed by atoms with Crippen LogP contribution in [0.25, 0.3) is 0 Å². The second kappa shape index (κ2) is 5.81. The molecule has 2 aliphatic rings. The zero-order valence-corrected chi connectivity index (χ0v) is 13.2. The maximum atomic E-state index is 12.6. The highest BCUT2D eigenvalue weighted by Crippen LogP contribution is 2.43. The molecule has 23 heavy (non-hydrogen) atoms. The van der Waals surface area contributed by atoms with Crippen molar-refractivity contribution in [3.63, 3.8) is 0 Å². The first kappa shape index (κ1) is 14.5. The lowest BCUT2D eigenvalue weighted by molar-refractivity contribution is 0.0921. The number of fused-ring (bicyclic) bond motifs is 1. The van der Waals surface area contributed by atoms with Gasteiger partial charge in [-0.2, -0.15) is 5.10 Å². The molecule has 5 nitrogen and oxygen atoms in total. The minimum atomic E-state index is -0.0617. The van der Waals surface area contributed by atoms with Crippen LogP contribution in [0.15, 0.2) is 30.3 Å². The first-order valence-electron chi connectivity index (χ1n) is 8.39. The van der Waals surface area contributed by atoms with Gasteiger partial charge in [-0.05, 0) is 18.4 Å². The standard InChI is InChI=1S/C18H22N4O/c23-17(16-14-11-19-10-7-15(14)21-22-16)20-12-18(8-4-9-18)13-5-2-1-3-6-13/h1-3,5-6,19H,4,7-12H2,(H,20,23)(H,21,22). The molecule has 0 atom stereocenters. The minimum Gasteiger partial charge on any atom is -0.350 e. The topological polar surface area (TPSA) is 69.8 Å². The number of benzene rings is 1. The maximum Gasteiger partial charge on any atom is 0.272 e. The van der Waals surface area contributed by atoms with E-state index in [1.165, 1.54) is 12.0 Å². The molecule has 1 aromatic carbocycles. The van der Waals surface area contributed by atoms with E-state index in [2.05, 4.69) is 45.1 Å². The van der Waals surface area contributed by atoms with Crippen molar-refractivity contribution in [2.45, 2.75) is 37.6 Å². The summed E-state index contributed by atoms with van der Waals surface area (Å²) < 4.78 is 0. The van der Waals surface area contributed by atoms with Crippen molar-refractivity contribution in [3.05, 3.63) is 52.8 Å². The van der Waals surface area contributed by atoms with Crippen LogP contribution in [0.4, 0.5) is 0 Å². The van der Waals surface area contributed by atoms with Crippen molar-refractivity contribution in [1.29, 1.82) is 0 Å². The average Bonchev–Trinajstić information content (AvgIpc) is 2.99. The highest BCUT2D eigenvalue weighted by molar-refractivity contribution is 5.94. The molecule has 2 aromatic rings. The molecule has 0 unspecified atom stereocenters. The normalized spacial score (nSPS) is 18.8. The number of H-pyrrole nitrogens is 1. The Morgan fingerprint density at radius 3 is 2.83 bits per heavy atom. The molecule has 0 spiro atoms. The summed E-state index contributed by atoms with van der Waals surface area (Å²) in [4.78, 5) is 12.6. The Balaban J connectivity index is 1.48. The van der Waals surface area contributed by atoms with Crippen LogP contribution in [0.3, 0.4) is 0 Å². The van der Waals surface area contributed by atoms with E-state index in [-0.39, 0.29) is 11.3 Å². The van der Waals surface area contributed by atoms with Crippen molar-refractivity contribution in [1.82, 2.24) is 20.8 Å². The summed E-state index contributed by atoms with van der Waals surface area (Å²) in [5.41, 5.74) is 4.10. The van der Waals surface area contributed by atoms with Crippen LogP contribution in [0.1, 0.15) is 46.6 Å². The van der Waals surface area contributed by atoms with Crippen LogP contribution in [-0.2, 0) is 18.4 Å². The zero-order valence-electron chi connectivity index (χ0n) is 13.2. The summed E-state index contributed by atoms with van der Waals surface area (Å²) in [5.74, 6) is -0.0617. The van der Waals surface area contributed by atoms with Gasteiger partial charge in [0.05, 0.1) is 0 Å². The van der Waals surface area contributed by atoms with Crippen molar-refractivity contribution < 1.29 is 4.79 Å². The van der Waals surface area contributed by atoms with Crippen LogP contribution >= 0.6 is 0 Å². The molecule has 0 radical (unpaired) electrons. The van der Waals surface area contributed by atoms with E-state index in [0.29, 0.717) is 12.2 Å². The van der Waals surface area contributed by atoms with Gasteiger partial charge in [0, 0.05) is 42.7 Å². The molecule has 1 aromatic heterocycles.